The van der Waals surface area contributed by atoms with Crippen LogP contribution in [-0.4, -0.2) is 47.4 Å². The second kappa shape index (κ2) is 77.5. The zero-order chi connectivity index (χ0) is 63.5. The van der Waals surface area contributed by atoms with Crippen LogP contribution in [0.5, 0.6) is 0 Å². The normalized spacial score (nSPS) is 12.6. The Morgan fingerprint density at radius 3 is 0.807 bits per heavy atom. The van der Waals surface area contributed by atoms with E-state index in [2.05, 4.69) is 43.5 Å². The van der Waals surface area contributed by atoms with E-state index in [0.29, 0.717) is 19.4 Å². The first-order valence-electron chi connectivity index (χ1n) is 40.3. The van der Waals surface area contributed by atoms with Crippen LogP contribution >= 0.6 is 0 Å². The zero-order valence-electron chi connectivity index (χ0n) is 59.7. The van der Waals surface area contributed by atoms with E-state index in [9.17, 15) is 19.8 Å². The summed E-state index contributed by atoms with van der Waals surface area (Å²) in [5.74, 6) is -0.0396. The van der Waals surface area contributed by atoms with Gasteiger partial charge in [-0.05, 0) is 83.5 Å². The number of aliphatic hydroxyl groups excluding tert-OH is 2. The van der Waals surface area contributed by atoms with Crippen LogP contribution in [0.3, 0.4) is 0 Å². The van der Waals surface area contributed by atoms with E-state index in [-0.39, 0.29) is 18.5 Å². The van der Waals surface area contributed by atoms with Crippen LogP contribution in [0.4, 0.5) is 0 Å². The van der Waals surface area contributed by atoms with Gasteiger partial charge in [0.2, 0.25) is 5.91 Å². The van der Waals surface area contributed by atoms with Crippen molar-refractivity contribution in [1.29, 1.82) is 0 Å². The maximum absolute atomic E-state index is 12.5. The molecule has 0 saturated heterocycles. The van der Waals surface area contributed by atoms with Gasteiger partial charge in [0.05, 0.1) is 25.4 Å². The third-order valence-electron chi connectivity index (χ3n) is 18.9. The zero-order valence-corrected chi connectivity index (χ0v) is 59.7. The van der Waals surface area contributed by atoms with E-state index < -0.39 is 12.1 Å². The molecule has 0 aliphatic heterocycles. The van der Waals surface area contributed by atoms with Crippen LogP contribution in [0.1, 0.15) is 450 Å². The van der Waals surface area contributed by atoms with E-state index in [1.807, 2.05) is 6.08 Å². The fourth-order valence-electron chi connectivity index (χ4n) is 12.7. The smallest absolute Gasteiger partial charge is 0.305 e. The maximum Gasteiger partial charge on any atom is 0.305 e. The minimum atomic E-state index is -0.841. The largest absolute Gasteiger partial charge is 0.466 e. The van der Waals surface area contributed by atoms with Crippen molar-refractivity contribution in [2.24, 2.45) is 0 Å². The molecular weight excluding hydrogens is 1080 g/mol. The number of rotatable bonds is 76. The third-order valence-corrected chi connectivity index (χ3v) is 18.9. The molecule has 6 nitrogen and oxygen atoms in total. The number of allylic oxidation sites excluding steroid dienone is 5. The number of hydrogen-bond acceptors (Lipinski definition) is 5. The minimum Gasteiger partial charge on any atom is -0.466 e. The molecule has 0 aliphatic carbocycles. The van der Waals surface area contributed by atoms with Gasteiger partial charge in [-0.25, -0.2) is 0 Å². The SMILES string of the molecule is CCCCCCCC/C=C\CCCCCCCCCCCC(=O)OCCCCCCCCCCCCCCCCCC/C=C\CCCCCCCCCCCCCCCCCCCC(=O)NC(CO)C(O)/C=C/CCCCCCCCCCCCCCC. The summed E-state index contributed by atoms with van der Waals surface area (Å²) in [6, 6.07) is -0.625. The lowest BCUT2D eigenvalue weighted by molar-refractivity contribution is -0.143. The summed E-state index contributed by atoms with van der Waals surface area (Å²) in [6.45, 7) is 4.94. The molecule has 0 aromatic rings. The second-order valence-electron chi connectivity index (χ2n) is 27.7. The molecule has 0 rings (SSSR count). The van der Waals surface area contributed by atoms with Crippen LogP contribution in [0.15, 0.2) is 36.5 Å². The third kappa shape index (κ3) is 73.1. The lowest BCUT2D eigenvalue weighted by Gasteiger charge is -2.20. The highest BCUT2D eigenvalue weighted by Crippen LogP contribution is 2.20. The summed E-state index contributed by atoms with van der Waals surface area (Å²) in [4.78, 5) is 24.6. The van der Waals surface area contributed by atoms with Crippen LogP contribution in [0.25, 0.3) is 0 Å². The monoisotopic (exact) mass is 1240 g/mol. The Kier molecular flexibility index (Phi) is 75.8. The molecular formula is C82H157NO5. The highest BCUT2D eigenvalue weighted by molar-refractivity contribution is 5.76. The first kappa shape index (κ1) is 86.1. The summed E-state index contributed by atoms with van der Waals surface area (Å²) < 4.78 is 5.52. The molecule has 0 heterocycles. The Labute approximate surface area is 551 Å². The molecule has 0 aromatic carbocycles. The van der Waals surface area contributed by atoms with Crippen LogP contribution in [-0.2, 0) is 14.3 Å². The second-order valence-corrected chi connectivity index (χ2v) is 27.7. The van der Waals surface area contributed by atoms with Gasteiger partial charge >= 0.3 is 5.97 Å². The van der Waals surface area contributed by atoms with Gasteiger partial charge in [-0.3, -0.25) is 9.59 Å². The fourth-order valence-corrected chi connectivity index (χ4v) is 12.7. The molecule has 2 atom stereocenters. The van der Waals surface area contributed by atoms with Gasteiger partial charge in [0.25, 0.3) is 0 Å². The molecule has 0 aliphatic rings. The molecule has 1 amide bonds. The number of esters is 1. The lowest BCUT2D eigenvalue weighted by Crippen LogP contribution is -2.45. The van der Waals surface area contributed by atoms with E-state index in [1.165, 1.54) is 385 Å². The molecule has 88 heavy (non-hydrogen) atoms. The molecule has 0 radical (unpaired) electrons. The van der Waals surface area contributed by atoms with E-state index in [1.54, 1.807) is 6.08 Å². The average molecular weight is 1240 g/mol. The fraction of sp³-hybridized carbons (Fsp3) is 0.902. The van der Waals surface area contributed by atoms with Gasteiger partial charge in [-0.15, -0.1) is 0 Å². The van der Waals surface area contributed by atoms with Crippen LogP contribution < -0.4 is 5.32 Å². The van der Waals surface area contributed by atoms with E-state index >= 15 is 0 Å². The molecule has 6 heteroatoms. The van der Waals surface area contributed by atoms with E-state index in [0.717, 1.165) is 38.5 Å². The summed E-state index contributed by atoms with van der Waals surface area (Å²) in [5, 5.41) is 23.2. The number of nitrogens with one attached hydrogen (secondary N) is 1. The highest BCUT2D eigenvalue weighted by atomic mass is 16.5. The molecule has 0 fully saturated rings. The van der Waals surface area contributed by atoms with Gasteiger partial charge in [-0.2, -0.15) is 0 Å². The number of unbranched alkanes of at least 4 members (excludes halogenated alkanes) is 61. The summed E-state index contributed by atoms with van der Waals surface area (Å²) in [6.07, 6.45) is 101. The lowest BCUT2D eigenvalue weighted by atomic mass is 10.0. The minimum absolute atomic E-state index is 0.0216. The number of aliphatic hydroxyl groups is 2. The number of carbonyl (C=O) groups is 2. The van der Waals surface area contributed by atoms with Crippen molar-refractivity contribution in [3.63, 3.8) is 0 Å². The summed E-state index contributed by atoms with van der Waals surface area (Å²) in [5.41, 5.74) is 0. The molecule has 520 valence electrons. The molecule has 0 aromatic heterocycles. The van der Waals surface area contributed by atoms with Crippen molar-refractivity contribution in [2.45, 2.75) is 463 Å². The Balaban J connectivity index is 3.33. The Hall–Kier alpha value is -1.92. The predicted molar refractivity (Wildman–Crippen MR) is 389 cm³/mol. The van der Waals surface area contributed by atoms with Crippen molar-refractivity contribution < 1.29 is 24.5 Å². The Morgan fingerprint density at radius 1 is 0.307 bits per heavy atom. The van der Waals surface area contributed by atoms with Crippen LogP contribution in [0.2, 0.25) is 0 Å². The summed E-state index contributed by atoms with van der Waals surface area (Å²) >= 11 is 0. The van der Waals surface area contributed by atoms with Gasteiger partial charge in [0.1, 0.15) is 0 Å². The highest BCUT2D eigenvalue weighted by Gasteiger charge is 2.18. The molecule has 0 spiro atoms. The van der Waals surface area contributed by atoms with E-state index in [4.69, 9.17) is 4.74 Å². The molecule has 2 unspecified atom stereocenters. The maximum atomic E-state index is 12.5. The van der Waals surface area contributed by atoms with Gasteiger partial charge in [-0.1, -0.05) is 391 Å². The standard InChI is InChI=1S/C82H157NO5/c1-3-5-7-9-11-13-15-17-19-20-40-44-48-52-56-60-64-68-72-76-82(87)88-77-73-69-65-61-57-53-49-45-42-39-37-35-33-31-29-27-25-23-21-22-24-26-28-30-32-34-36-38-41-43-47-51-55-59-63-67-71-75-81(86)83-79(78-84)80(85)74-70-66-62-58-54-50-46-18-16-14-12-10-8-6-4-2/h17,19,21,23,70,74,79-80,84-85H,3-16,18,20,22,24-69,71-73,75-78H2,1-2H3,(H,83,86)/b19-17-,23-21-,74-70+. The molecule has 3 N–H and O–H groups in total. The van der Waals surface area contributed by atoms with Gasteiger partial charge < -0.3 is 20.3 Å². The Bertz CT molecular complexity index is 1430. The van der Waals surface area contributed by atoms with Crippen molar-refractivity contribution in [1.82, 2.24) is 5.32 Å². The number of hydrogen-bond donors (Lipinski definition) is 3. The Morgan fingerprint density at radius 2 is 0.534 bits per heavy atom. The predicted octanol–water partition coefficient (Wildman–Crippen LogP) is 26.6. The first-order valence-corrected chi connectivity index (χ1v) is 40.3. The number of carbonyl (C=O) groups excluding carboxylic acids is 2. The molecule has 0 bridgehead atoms. The first-order chi connectivity index (χ1) is 43.5. The van der Waals surface area contributed by atoms with Gasteiger partial charge in [0, 0.05) is 12.8 Å². The number of amides is 1. The van der Waals surface area contributed by atoms with Crippen molar-refractivity contribution >= 4 is 11.9 Å². The number of ether oxygens (including phenoxy) is 1. The van der Waals surface area contributed by atoms with Crippen molar-refractivity contribution in [2.75, 3.05) is 13.2 Å². The van der Waals surface area contributed by atoms with Crippen molar-refractivity contribution in [3.05, 3.63) is 36.5 Å². The topological polar surface area (TPSA) is 95.9 Å². The van der Waals surface area contributed by atoms with Crippen LogP contribution in [0, 0.1) is 0 Å². The van der Waals surface area contributed by atoms with Gasteiger partial charge in [0.15, 0.2) is 0 Å². The average Bonchev–Trinajstić information content (AvgIpc) is 3.59. The summed E-state index contributed by atoms with van der Waals surface area (Å²) in [7, 11) is 0. The van der Waals surface area contributed by atoms with Crippen molar-refractivity contribution in [3.8, 4) is 0 Å². The quantitative estimate of drug-likeness (QED) is 0.0320. The molecule has 0 saturated carbocycles.